The zero-order valence-electron chi connectivity index (χ0n) is 30.3. The topological polar surface area (TPSA) is 51.0 Å². The summed E-state index contributed by atoms with van der Waals surface area (Å²) in [4.78, 5) is 10.5. The first kappa shape index (κ1) is 35.7. The standard InChI is InChI=1S/C51H29IN2O2.U/c1-4-13-32(14-5-1)33-23-25-34(26-24-33)43-29-38(37-27-28-40-39-19-10-11-22-45(39)55-46(40)31-37)30-44-41-20-12-21-42(47(41)56-48(43)44)51-53-49(35-15-6-2-7-16-35)52-50(54-51)36-17-8-3-9-18-36;/h1-13,15-23,25-31H;/q-2;+2. The second-order valence-corrected chi connectivity index (χ2v) is 16.3. The van der Waals surface area contributed by atoms with E-state index in [1.807, 2.05) is 42.5 Å². The van der Waals surface area contributed by atoms with Gasteiger partial charge in [0.05, 0.1) is 5.56 Å². The van der Waals surface area contributed by atoms with Crippen LogP contribution < -0.4 is 0 Å². The van der Waals surface area contributed by atoms with Gasteiger partial charge in [0.2, 0.25) is 0 Å². The van der Waals surface area contributed by atoms with E-state index in [4.69, 9.17) is 18.8 Å². The third-order valence-corrected chi connectivity index (χ3v) is 13.0. The Morgan fingerprint density at radius 1 is 0.439 bits per heavy atom. The summed E-state index contributed by atoms with van der Waals surface area (Å²) in [5.74, 6) is 0.659. The minimum absolute atomic E-state index is 0. The minimum atomic E-state index is -0.630. The molecule has 0 spiro atoms. The van der Waals surface area contributed by atoms with Crippen LogP contribution in [0.4, 0.5) is 0 Å². The molecule has 6 heteroatoms. The molecule has 2 aromatic heterocycles. The quantitative estimate of drug-likeness (QED) is 0.123. The molecule has 3 heterocycles. The molecule has 266 valence electrons. The third kappa shape index (κ3) is 6.52. The molecule has 8 aromatic carbocycles. The smallest absolute Gasteiger partial charge is 0.456 e. The van der Waals surface area contributed by atoms with E-state index in [1.54, 1.807) is 0 Å². The van der Waals surface area contributed by atoms with E-state index in [9.17, 15) is 0 Å². The molecule has 0 N–H and O–H groups in total. The SMILES string of the molecule is [U+2].[c-]1ccccc1-c1[c-]cc(-c2cc(-c3ccc4c(c3)oc3ccccc34)cc3c2oc2c(C4=NC(c5ccccc5)=IC(c5ccccc5)=N4)cccc23)cc1. The fourth-order valence-electron chi connectivity index (χ4n) is 7.53. The molecule has 11 rings (SSSR count). The molecule has 0 saturated carbocycles. The van der Waals surface area contributed by atoms with Crippen LogP contribution in [0, 0.1) is 43.2 Å². The van der Waals surface area contributed by atoms with Crippen LogP contribution in [0.25, 0.3) is 77.3 Å². The van der Waals surface area contributed by atoms with Crippen molar-refractivity contribution in [1.29, 1.82) is 0 Å². The van der Waals surface area contributed by atoms with Crippen LogP contribution in [0.5, 0.6) is 0 Å². The van der Waals surface area contributed by atoms with Gasteiger partial charge in [-0.1, -0.05) is 109 Å². The fraction of sp³-hybridized carbons (Fsp3) is 0. The molecule has 0 fully saturated rings. The number of hydrogen-bond acceptors (Lipinski definition) is 4. The van der Waals surface area contributed by atoms with Crippen molar-refractivity contribution in [2.24, 2.45) is 9.98 Å². The Bertz CT molecular complexity index is 3180. The number of para-hydroxylation sites is 2. The molecule has 0 radical (unpaired) electrons. The normalized spacial score (nSPS) is 12.9. The molecule has 0 atom stereocenters. The number of amidine groups is 1. The van der Waals surface area contributed by atoms with Crippen molar-refractivity contribution in [3.63, 3.8) is 0 Å². The maximum absolute atomic E-state index is 7.03. The van der Waals surface area contributed by atoms with Crippen LogP contribution in [0.15, 0.2) is 195 Å². The van der Waals surface area contributed by atoms with Gasteiger partial charge in [-0.05, 0) is 67.8 Å². The number of benzene rings is 8. The molecule has 0 saturated heterocycles. The van der Waals surface area contributed by atoms with Crippen LogP contribution in [0.2, 0.25) is 0 Å². The molecule has 0 aliphatic carbocycles. The van der Waals surface area contributed by atoms with E-state index < -0.39 is 20.7 Å². The van der Waals surface area contributed by atoms with Gasteiger partial charge < -0.3 is 8.83 Å². The molecule has 1 aliphatic rings. The van der Waals surface area contributed by atoms with Gasteiger partial charge in [0.25, 0.3) is 0 Å². The molecule has 4 nitrogen and oxygen atoms in total. The molecule has 0 unspecified atom stereocenters. The summed E-state index contributed by atoms with van der Waals surface area (Å²) in [7, 11) is 0. The zero-order valence-corrected chi connectivity index (χ0v) is 36.7. The van der Waals surface area contributed by atoms with E-state index in [2.05, 4.69) is 146 Å². The van der Waals surface area contributed by atoms with Gasteiger partial charge in [0, 0.05) is 32.7 Å². The van der Waals surface area contributed by atoms with Crippen LogP contribution in [0.3, 0.4) is 0 Å². The molecular formula is C51H29IN2O2U. The second-order valence-electron chi connectivity index (χ2n) is 13.7. The van der Waals surface area contributed by atoms with E-state index in [1.165, 1.54) is 0 Å². The van der Waals surface area contributed by atoms with Gasteiger partial charge in [0.15, 0.2) is 5.84 Å². The van der Waals surface area contributed by atoms with Crippen molar-refractivity contribution < 1.29 is 39.9 Å². The summed E-state index contributed by atoms with van der Waals surface area (Å²) in [6.07, 6.45) is 0. The first-order chi connectivity index (χ1) is 27.7. The zero-order chi connectivity index (χ0) is 37.0. The number of rotatable bonds is 6. The Kier molecular flexibility index (Phi) is 9.42. The number of fused-ring (bicyclic) bond motifs is 6. The van der Waals surface area contributed by atoms with Crippen LogP contribution in [-0.2, 0) is 0 Å². The first-order valence-electron chi connectivity index (χ1n) is 18.4. The second kappa shape index (κ2) is 15.0. The van der Waals surface area contributed by atoms with Gasteiger partial charge >= 0.3 is 31.1 Å². The van der Waals surface area contributed by atoms with Crippen LogP contribution in [-0.4, -0.2) is 13.2 Å². The molecular weight excluding hydrogens is 1040 g/mol. The van der Waals surface area contributed by atoms with Gasteiger partial charge in [-0.3, -0.25) is 0 Å². The average molecular weight is 1070 g/mol. The number of furan rings is 2. The molecule has 0 bridgehead atoms. The molecule has 1 aliphatic heterocycles. The van der Waals surface area contributed by atoms with Crippen molar-refractivity contribution in [2.45, 2.75) is 0 Å². The summed E-state index contributed by atoms with van der Waals surface area (Å²) >= 11 is -0.630. The number of aliphatic imine (C=N–C) groups is 2. The van der Waals surface area contributed by atoms with E-state index in [0.717, 1.165) is 101 Å². The Morgan fingerprint density at radius 2 is 1.16 bits per heavy atom. The van der Waals surface area contributed by atoms with Crippen molar-refractivity contribution in [2.75, 3.05) is 0 Å². The Morgan fingerprint density at radius 3 is 1.96 bits per heavy atom. The molecule has 0 amide bonds. The molecule has 10 aromatic rings. The third-order valence-electron chi connectivity index (χ3n) is 10.3. The monoisotopic (exact) mass is 1070 g/mol. The fourth-order valence-corrected chi connectivity index (χ4v) is 10.1. The van der Waals surface area contributed by atoms with E-state index in [0.29, 0.717) is 5.84 Å². The van der Waals surface area contributed by atoms with Crippen molar-refractivity contribution >= 4 is 77.8 Å². The number of halogens is 1. The Hall–Kier alpha value is -5.65. The predicted octanol–water partition coefficient (Wildman–Crippen LogP) is 13.4. The molecule has 57 heavy (non-hydrogen) atoms. The van der Waals surface area contributed by atoms with Gasteiger partial charge in [-0.2, -0.15) is 36.4 Å². The Balaban J connectivity index is 0.00000396. The van der Waals surface area contributed by atoms with Gasteiger partial charge in [-0.15, -0.1) is 18.2 Å². The maximum atomic E-state index is 7.03. The average Bonchev–Trinajstić information content (AvgIpc) is 3.85. The summed E-state index contributed by atoms with van der Waals surface area (Å²) in [6, 6.07) is 67.6. The first-order valence-corrected chi connectivity index (χ1v) is 20.6. The van der Waals surface area contributed by atoms with E-state index >= 15 is 0 Å². The van der Waals surface area contributed by atoms with Crippen molar-refractivity contribution in [1.82, 2.24) is 0 Å². The van der Waals surface area contributed by atoms with Gasteiger partial charge in [-0.25, -0.2) is 21.1 Å². The number of hydrogen-bond donors (Lipinski definition) is 0. The summed E-state index contributed by atoms with van der Waals surface area (Å²) < 4.78 is 15.5. The van der Waals surface area contributed by atoms with Crippen LogP contribution in [0.1, 0.15) is 16.7 Å². The predicted molar refractivity (Wildman–Crippen MR) is 239 cm³/mol. The van der Waals surface area contributed by atoms with E-state index in [-0.39, 0.29) is 31.1 Å². The maximum Gasteiger partial charge on any atom is 2.00 e. The number of nitrogens with zero attached hydrogens (tertiary/aromatic N) is 2. The summed E-state index contributed by atoms with van der Waals surface area (Å²) in [6.45, 7) is 0. The Labute approximate surface area is 362 Å². The van der Waals surface area contributed by atoms with Crippen LogP contribution >= 0.6 is 20.7 Å². The summed E-state index contributed by atoms with van der Waals surface area (Å²) in [5.41, 5.74) is 12.5. The van der Waals surface area contributed by atoms with Crippen molar-refractivity contribution in [3.05, 3.63) is 205 Å². The van der Waals surface area contributed by atoms with Crippen molar-refractivity contribution in [3.8, 4) is 33.4 Å². The minimum Gasteiger partial charge on any atom is -0.456 e. The summed E-state index contributed by atoms with van der Waals surface area (Å²) in [5, 5.41) is 4.24. The largest absolute Gasteiger partial charge is 2.00 e. The van der Waals surface area contributed by atoms with Gasteiger partial charge in [0.1, 0.15) is 29.7 Å².